The van der Waals surface area contributed by atoms with Crippen LogP contribution in [0.15, 0.2) is 69.9 Å². The number of piperidine rings is 2. The molecule has 2 atom stereocenters. The standard InChI is InChI=1S/C40H49Br2N9O5/c41-31-21-27(22-32(42)36(31)52)24-34(37(43)53)51(40(56)49-15-9-30(10-16-49)50-25-28-3-1-2-4-33(28)46-39(50)55)35(23-26-5-11-44-12-6-26)38(54)48-19-17-47(18-20-48)29-7-13-45-14-8-29/h1-4,7-8,13-14,21-22,26,30,34-35,44,52H,5-6,9-12,15-20,23-25H2,(H2,43,53)(H,46,55)/t34-,35-/m0/s1. The van der Waals surface area contributed by atoms with Gasteiger partial charge in [-0.05, 0) is 124 Å². The van der Waals surface area contributed by atoms with Crippen LogP contribution in [-0.4, -0.2) is 124 Å². The lowest BCUT2D eigenvalue weighted by molar-refractivity contribution is -0.139. The first kappa shape index (κ1) is 39.8. The maximum absolute atomic E-state index is 15.1. The van der Waals surface area contributed by atoms with Crippen molar-refractivity contribution in [3.05, 3.63) is 81.0 Å². The molecule has 16 heteroatoms. The number of likely N-dealkylation sites (tertiary alicyclic amines) is 1. The summed E-state index contributed by atoms with van der Waals surface area (Å²) in [6.07, 6.45) is 6.70. The molecule has 4 aliphatic heterocycles. The maximum Gasteiger partial charge on any atom is 0.322 e. The molecule has 0 bridgehead atoms. The molecule has 3 saturated heterocycles. The van der Waals surface area contributed by atoms with Crippen LogP contribution in [0.25, 0.3) is 0 Å². The fourth-order valence-corrected chi connectivity index (χ4v) is 9.83. The second kappa shape index (κ2) is 17.8. The van der Waals surface area contributed by atoms with E-state index in [4.69, 9.17) is 5.73 Å². The molecule has 7 rings (SSSR count). The number of para-hydroxylation sites is 1. The van der Waals surface area contributed by atoms with E-state index in [0.717, 1.165) is 42.9 Å². The van der Waals surface area contributed by atoms with E-state index in [-0.39, 0.29) is 36.1 Å². The van der Waals surface area contributed by atoms with Gasteiger partial charge in [0, 0.05) is 82.0 Å². The molecule has 0 radical (unpaired) electrons. The molecular formula is C40H49Br2N9O5. The Morgan fingerprint density at radius 1 is 0.893 bits per heavy atom. The number of phenolic OH excluding ortho intramolecular Hbond substituents is 1. The predicted octanol–water partition coefficient (Wildman–Crippen LogP) is 4.75. The van der Waals surface area contributed by atoms with Crippen LogP contribution in [0.5, 0.6) is 5.75 Å². The zero-order valence-electron chi connectivity index (χ0n) is 31.3. The van der Waals surface area contributed by atoms with Gasteiger partial charge >= 0.3 is 12.1 Å². The highest BCUT2D eigenvalue weighted by Crippen LogP contribution is 2.35. The number of hydrogen-bond donors (Lipinski definition) is 4. The monoisotopic (exact) mass is 893 g/mol. The molecule has 5 heterocycles. The summed E-state index contributed by atoms with van der Waals surface area (Å²) in [7, 11) is 0. The van der Waals surface area contributed by atoms with Crippen molar-refractivity contribution in [1.29, 1.82) is 0 Å². The number of urea groups is 2. The van der Waals surface area contributed by atoms with Crippen molar-refractivity contribution in [2.45, 2.75) is 63.2 Å². The van der Waals surface area contributed by atoms with Crippen LogP contribution >= 0.6 is 31.9 Å². The number of aromatic hydroxyl groups is 1. The molecule has 0 unspecified atom stereocenters. The highest BCUT2D eigenvalue weighted by Gasteiger charge is 2.44. The smallest absolute Gasteiger partial charge is 0.322 e. The van der Waals surface area contributed by atoms with Crippen molar-refractivity contribution in [2.24, 2.45) is 11.7 Å². The van der Waals surface area contributed by atoms with Gasteiger partial charge in [-0.25, -0.2) is 9.59 Å². The van der Waals surface area contributed by atoms with Crippen molar-refractivity contribution in [1.82, 2.24) is 29.9 Å². The summed E-state index contributed by atoms with van der Waals surface area (Å²) in [5.74, 6) is -0.752. The van der Waals surface area contributed by atoms with Gasteiger partial charge < -0.3 is 46.0 Å². The second-order valence-electron chi connectivity index (χ2n) is 15.1. The zero-order valence-corrected chi connectivity index (χ0v) is 34.5. The molecule has 14 nitrogen and oxygen atoms in total. The molecule has 0 aliphatic carbocycles. The van der Waals surface area contributed by atoms with E-state index in [1.807, 2.05) is 46.2 Å². The first-order valence-corrected chi connectivity index (χ1v) is 21.0. The number of nitrogens with one attached hydrogen (secondary N) is 2. The number of anilines is 2. The van der Waals surface area contributed by atoms with Crippen LogP contribution in [0.3, 0.4) is 0 Å². The van der Waals surface area contributed by atoms with Gasteiger partial charge in [0.25, 0.3) is 0 Å². The number of carbonyl (C=O) groups is 4. The van der Waals surface area contributed by atoms with Gasteiger partial charge in [0.05, 0.1) is 8.95 Å². The van der Waals surface area contributed by atoms with Crippen LogP contribution in [0.1, 0.15) is 43.2 Å². The summed E-state index contributed by atoms with van der Waals surface area (Å²) in [4.78, 5) is 70.2. The molecule has 2 aromatic carbocycles. The third-order valence-electron chi connectivity index (χ3n) is 11.7. The van der Waals surface area contributed by atoms with Crippen molar-refractivity contribution < 1.29 is 24.3 Å². The van der Waals surface area contributed by atoms with Gasteiger partial charge in [0.1, 0.15) is 17.8 Å². The molecule has 3 fully saturated rings. The van der Waals surface area contributed by atoms with Crippen molar-refractivity contribution in [3.8, 4) is 5.75 Å². The van der Waals surface area contributed by atoms with Crippen LogP contribution in [0, 0.1) is 5.92 Å². The van der Waals surface area contributed by atoms with E-state index >= 15 is 4.79 Å². The van der Waals surface area contributed by atoms with Crippen LogP contribution < -0.4 is 21.3 Å². The zero-order chi connectivity index (χ0) is 39.3. The number of aromatic nitrogens is 1. The van der Waals surface area contributed by atoms with Crippen molar-refractivity contribution in [3.63, 3.8) is 0 Å². The third-order valence-corrected chi connectivity index (χ3v) is 12.9. The van der Waals surface area contributed by atoms with E-state index < -0.39 is 24.0 Å². The first-order chi connectivity index (χ1) is 27.1. The Morgan fingerprint density at radius 2 is 1.55 bits per heavy atom. The molecule has 0 saturated carbocycles. The SMILES string of the molecule is NC(=O)[C@H](Cc1cc(Br)c(O)c(Br)c1)N(C(=O)N1CCC(N2Cc3ccccc3NC2=O)CC1)[C@@H](CC1CCNCC1)C(=O)N1CCN(c2ccncc2)CC1. The van der Waals surface area contributed by atoms with Gasteiger partial charge in [-0.3, -0.25) is 14.6 Å². The number of nitrogens with two attached hydrogens (primary N) is 1. The summed E-state index contributed by atoms with van der Waals surface area (Å²) < 4.78 is 0.840. The summed E-state index contributed by atoms with van der Waals surface area (Å²) in [5, 5.41) is 16.9. The number of benzene rings is 2. The number of hydrogen-bond acceptors (Lipinski definition) is 8. The number of piperazine rings is 1. The fraction of sp³-hybridized carbons (Fsp3) is 0.475. The van der Waals surface area contributed by atoms with E-state index in [1.54, 1.807) is 29.4 Å². The van der Waals surface area contributed by atoms with E-state index in [2.05, 4.69) is 52.4 Å². The summed E-state index contributed by atoms with van der Waals surface area (Å²) in [6, 6.07) is 12.3. The van der Waals surface area contributed by atoms with E-state index in [9.17, 15) is 19.5 Å². The molecule has 1 aromatic heterocycles. The Bertz CT molecular complexity index is 1880. The number of rotatable bonds is 10. The Kier molecular flexibility index (Phi) is 12.7. The predicted molar refractivity (Wildman–Crippen MR) is 220 cm³/mol. The lowest BCUT2D eigenvalue weighted by atomic mass is 9.88. The molecule has 0 spiro atoms. The maximum atomic E-state index is 15.1. The third kappa shape index (κ3) is 8.92. The van der Waals surface area contributed by atoms with E-state index in [1.165, 1.54) is 4.90 Å². The molecule has 298 valence electrons. The average Bonchev–Trinajstić information content (AvgIpc) is 3.22. The highest BCUT2D eigenvalue weighted by molar-refractivity contribution is 9.11. The second-order valence-corrected chi connectivity index (χ2v) is 16.8. The number of halogens is 2. The topological polar surface area (TPSA) is 168 Å². The number of carbonyl (C=O) groups excluding carboxylic acids is 4. The van der Waals surface area contributed by atoms with Gasteiger partial charge in [-0.2, -0.15) is 0 Å². The molecule has 6 amide bonds. The Morgan fingerprint density at radius 3 is 2.21 bits per heavy atom. The van der Waals surface area contributed by atoms with Crippen LogP contribution in [0.4, 0.5) is 21.0 Å². The lowest BCUT2D eigenvalue weighted by Gasteiger charge is -2.46. The first-order valence-electron chi connectivity index (χ1n) is 19.4. The fourth-order valence-electron chi connectivity index (χ4n) is 8.55. The quantitative estimate of drug-likeness (QED) is 0.226. The van der Waals surface area contributed by atoms with Crippen LogP contribution in [0.2, 0.25) is 0 Å². The van der Waals surface area contributed by atoms with Gasteiger partial charge in [0.15, 0.2) is 0 Å². The minimum absolute atomic E-state index is 0.0101. The highest BCUT2D eigenvalue weighted by atomic mass is 79.9. The average molecular weight is 896 g/mol. The Labute approximate surface area is 344 Å². The van der Waals surface area contributed by atoms with Gasteiger partial charge in [-0.1, -0.05) is 18.2 Å². The summed E-state index contributed by atoms with van der Waals surface area (Å²) >= 11 is 6.81. The number of amides is 6. The molecule has 3 aromatic rings. The number of pyridine rings is 1. The summed E-state index contributed by atoms with van der Waals surface area (Å²) in [6.45, 7) is 4.91. The molecular weight excluding hydrogens is 846 g/mol. The minimum Gasteiger partial charge on any atom is -0.506 e. The van der Waals surface area contributed by atoms with Crippen molar-refractivity contribution >= 4 is 67.1 Å². The number of fused-ring (bicyclic) bond motifs is 1. The van der Waals surface area contributed by atoms with Gasteiger partial charge in [0.2, 0.25) is 11.8 Å². The summed E-state index contributed by atoms with van der Waals surface area (Å²) in [5.41, 5.74) is 9.77. The number of nitrogens with zero attached hydrogens (tertiary/aromatic N) is 6. The normalized spacial score (nSPS) is 19.2. The Balaban J connectivity index is 1.18. The van der Waals surface area contributed by atoms with E-state index in [0.29, 0.717) is 79.6 Å². The molecule has 5 N–H and O–H groups in total. The lowest BCUT2D eigenvalue weighted by Crippen LogP contribution is -2.64. The number of primary amides is 1. The van der Waals surface area contributed by atoms with Crippen molar-refractivity contribution in [2.75, 3.05) is 62.6 Å². The largest absolute Gasteiger partial charge is 0.506 e. The van der Waals surface area contributed by atoms with Crippen LogP contribution in [-0.2, 0) is 22.6 Å². The number of phenols is 1. The minimum atomic E-state index is -1.17. The molecule has 56 heavy (non-hydrogen) atoms. The van der Waals surface area contributed by atoms with Gasteiger partial charge in [-0.15, -0.1) is 0 Å². The Hall–Kier alpha value is -4.41. The molecule has 4 aliphatic rings.